The number of rotatable bonds is 5. The molecule has 3 heterocycles. The predicted octanol–water partition coefficient (Wildman–Crippen LogP) is 4.75. The SMILES string of the molecule is CCn1cc(C(=O)OCc2coc(-c3cccs3)n2)c(=O)c2cc(Cl)ccc21. The fraction of sp³-hybridized carbons (Fsp3) is 0.150. The van der Waals surface area contributed by atoms with Crippen LogP contribution in [0.1, 0.15) is 23.0 Å². The van der Waals surface area contributed by atoms with Crippen molar-refractivity contribution in [1.82, 2.24) is 9.55 Å². The molecule has 4 aromatic rings. The summed E-state index contributed by atoms with van der Waals surface area (Å²) >= 11 is 7.52. The van der Waals surface area contributed by atoms with Crippen LogP contribution in [0.3, 0.4) is 0 Å². The lowest BCUT2D eigenvalue weighted by atomic mass is 10.1. The molecule has 6 nitrogen and oxygen atoms in total. The third kappa shape index (κ3) is 3.46. The van der Waals surface area contributed by atoms with Gasteiger partial charge in [-0.2, -0.15) is 0 Å². The third-order valence-corrected chi connectivity index (χ3v) is 5.33. The third-order valence-electron chi connectivity index (χ3n) is 4.24. The van der Waals surface area contributed by atoms with Crippen LogP contribution in [0, 0.1) is 0 Å². The highest BCUT2D eigenvalue weighted by Gasteiger charge is 2.18. The van der Waals surface area contributed by atoms with Crippen LogP contribution in [0.5, 0.6) is 0 Å². The van der Waals surface area contributed by atoms with Gasteiger partial charge >= 0.3 is 5.97 Å². The minimum absolute atomic E-state index is 0.0430. The summed E-state index contributed by atoms with van der Waals surface area (Å²) in [5.41, 5.74) is 0.729. The minimum atomic E-state index is -0.713. The maximum atomic E-state index is 12.8. The van der Waals surface area contributed by atoms with Crippen molar-refractivity contribution in [1.29, 1.82) is 0 Å². The number of carbonyl (C=O) groups is 1. The Labute approximate surface area is 169 Å². The second-order valence-corrected chi connectivity index (χ2v) is 7.40. The Morgan fingerprint density at radius 2 is 2.21 bits per heavy atom. The topological polar surface area (TPSA) is 74.3 Å². The zero-order chi connectivity index (χ0) is 19.7. The smallest absolute Gasteiger partial charge is 0.344 e. The van der Waals surface area contributed by atoms with E-state index in [1.54, 1.807) is 18.2 Å². The molecule has 0 fully saturated rings. The van der Waals surface area contributed by atoms with E-state index in [4.69, 9.17) is 20.8 Å². The summed E-state index contributed by atoms with van der Waals surface area (Å²) in [6, 6.07) is 8.82. The molecule has 0 saturated carbocycles. The highest BCUT2D eigenvalue weighted by Crippen LogP contribution is 2.24. The molecule has 8 heteroatoms. The van der Waals surface area contributed by atoms with Gasteiger partial charge in [0.25, 0.3) is 0 Å². The highest BCUT2D eigenvalue weighted by atomic mass is 35.5. The summed E-state index contributed by atoms with van der Waals surface area (Å²) in [5, 5.41) is 2.73. The Morgan fingerprint density at radius 3 is 2.96 bits per heavy atom. The van der Waals surface area contributed by atoms with Crippen LogP contribution in [0.25, 0.3) is 21.7 Å². The van der Waals surface area contributed by atoms with Crippen molar-refractivity contribution >= 4 is 39.8 Å². The summed E-state index contributed by atoms with van der Waals surface area (Å²) in [4.78, 5) is 30.5. The van der Waals surface area contributed by atoms with Crippen LogP contribution < -0.4 is 5.43 Å². The molecular weight excluding hydrogens is 400 g/mol. The van der Waals surface area contributed by atoms with E-state index in [0.717, 1.165) is 4.88 Å². The number of thiophene rings is 1. The Morgan fingerprint density at radius 1 is 1.36 bits per heavy atom. The average molecular weight is 415 g/mol. The molecule has 0 bridgehead atoms. The summed E-state index contributed by atoms with van der Waals surface area (Å²) in [6.45, 7) is 2.42. The van der Waals surface area contributed by atoms with Crippen molar-refractivity contribution in [3.05, 3.63) is 74.7 Å². The predicted molar refractivity (Wildman–Crippen MR) is 108 cm³/mol. The molecule has 0 aliphatic rings. The highest BCUT2D eigenvalue weighted by molar-refractivity contribution is 7.13. The monoisotopic (exact) mass is 414 g/mol. The van der Waals surface area contributed by atoms with Gasteiger partial charge in [0.05, 0.1) is 10.4 Å². The second kappa shape index (κ2) is 7.61. The fourth-order valence-electron chi connectivity index (χ4n) is 2.88. The van der Waals surface area contributed by atoms with Crippen LogP contribution in [0.15, 0.2) is 57.4 Å². The van der Waals surface area contributed by atoms with Crippen molar-refractivity contribution in [3.8, 4) is 10.8 Å². The number of esters is 1. The van der Waals surface area contributed by atoms with E-state index in [1.807, 2.05) is 29.0 Å². The standard InChI is InChI=1S/C20H15ClN2O4S/c1-2-23-9-15(18(24)14-8-12(21)5-6-16(14)23)20(25)27-11-13-10-26-19(22-13)17-4-3-7-28-17/h3-10H,2,11H2,1H3. The number of halogens is 1. The van der Waals surface area contributed by atoms with Gasteiger partial charge in [-0.05, 0) is 36.6 Å². The molecule has 0 unspecified atom stereocenters. The molecular formula is C20H15ClN2O4S. The number of carbonyl (C=O) groups excluding carboxylic acids is 1. The van der Waals surface area contributed by atoms with E-state index in [-0.39, 0.29) is 12.2 Å². The number of nitrogens with zero attached hydrogens (tertiary/aromatic N) is 2. The van der Waals surface area contributed by atoms with Crippen molar-refractivity contribution in [2.24, 2.45) is 0 Å². The number of aromatic nitrogens is 2. The Balaban J connectivity index is 1.59. The second-order valence-electron chi connectivity index (χ2n) is 6.02. The summed E-state index contributed by atoms with van der Waals surface area (Å²) in [5.74, 6) is -0.246. The zero-order valence-corrected chi connectivity index (χ0v) is 16.4. The number of aryl methyl sites for hydroxylation is 1. The van der Waals surface area contributed by atoms with Crippen molar-refractivity contribution in [3.63, 3.8) is 0 Å². The van der Waals surface area contributed by atoms with Crippen LogP contribution in [-0.2, 0) is 17.9 Å². The Hall–Kier alpha value is -2.90. The van der Waals surface area contributed by atoms with E-state index in [9.17, 15) is 9.59 Å². The van der Waals surface area contributed by atoms with E-state index >= 15 is 0 Å². The first-order chi connectivity index (χ1) is 13.6. The van der Waals surface area contributed by atoms with Gasteiger partial charge in [0.2, 0.25) is 11.3 Å². The van der Waals surface area contributed by atoms with Gasteiger partial charge in [-0.15, -0.1) is 11.3 Å². The van der Waals surface area contributed by atoms with Crippen LogP contribution in [0.2, 0.25) is 5.02 Å². The molecule has 1 aromatic carbocycles. The van der Waals surface area contributed by atoms with Gasteiger partial charge in [-0.25, -0.2) is 9.78 Å². The number of fused-ring (bicyclic) bond motifs is 1. The lowest BCUT2D eigenvalue weighted by Crippen LogP contribution is -2.20. The molecule has 0 N–H and O–H groups in total. The normalized spacial score (nSPS) is 11.1. The Kier molecular flexibility index (Phi) is 5.02. The lowest BCUT2D eigenvalue weighted by Gasteiger charge is -2.11. The summed E-state index contributed by atoms with van der Waals surface area (Å²) < 4.78 is 12.5. The molecule has 142 valence electrons. The Bertz CT molecular complexity index is 1210. The average Bonchev–Trinajstić information content (AvgIpc) is 3.38. The van der Waals surface area contributed by atoms with Crippen LogP contribution in [0.4, 0.5) is 0 Å². The van der Waals surface area contributed by atoms with Gasteiger partial charge in [0, 0.05) is 23.2 Å². The quantitative estimate of drug-likeness (QED) is 0.440. The minimum Gasteiger partial charge on any atom is -0.455 e. The first kappa shape index (κ1) is 18.5. The molecule has 0 atom stereocenters. The number of benzene rings is 1. The lowest BCUT2D eigenvalue weighted by molar-refractivity contribution is 0.0465. The van der Waals surface area contributed by atoms with E-state index in [1.165, 1.54) is 23.8 Å². The van der Waals surface area contributed by atoms with Crippen molar-refractivity contribution < 1.29 is 13.9 Å². The molecule has 0 saturated heterocycles. The maximum absolute atomic E-state index is 12.8. The van der Waals surface area contributed by atoms with Crippen molar-refractivity contribution in [2.75, 3.05) is 0 Å². The van der Waals surface area contributed by atoms with E-state index in [2.05, 4.69) is 4.98 Å². The molecule has 4 rings (SSSR count). The fourth-order valence-corrected chi connectivity index (χ4v) is 3.71. The van der Waals surface area contributed by atoms with Gasteiger partial charge in [0.1, 0.15) is 24.1 Å². The van der Waals surface area contributed by atoms with Crippen molar-refractivity contribution in [2.45, 2.75) is 20.1 Å². The molecule has 0 aliphatic carbocycles. The molecule has 0 amide bonds. The number of ether oxygens (including phenoxy) is 1. The zero-order valence-electron chi connectivity index (χ0n) is 14.8. The number of oxazole rings is 1. The van der Waals surface area contributed by atoms with Crippen LogP contribution >= 0.6 is 22.9 Å². The number of hydrogen-bond donors (Lipinski definition) is 0. The molecule has 3 aromatic heterocycles. The largest absolute Gasteiger partial charge is 0.455 e. The molecule has 0 radical (unpaired) electrons. The number of hydrogen-bond acceptors (Lipinski definition) is 6. The molecule has 28 heavy (non-hydrogen) atoms. The molecule has 0 aliphatic heterocycles. The van der Waals surface area contributed by atoms with E-state index < -0.39 is 11.4 Å². The first-order valence-electron chi connectivity index (χ1n) is 8.55. The molecule has 0 spiro atoms. The van der Waals surface area contributed by atoms with Crippen LogP contribution in [-0.4, -0.2) is 15.5 Å². The van der Waals surface area contributed by atoms with Gasteiger partial charge in [0.15, 0.2) is 0 Å². The van der Waals surface area contributed by atoms with Gasteiger partial charge in [-0.3, -0.25) is 4.79 Å². The first-order valence-corrected chi connectivity index (χ1v) is 9.80. The van der Waals surface area contributed by atoms with Gasteiger partial charge < -0.3 is 13.7 Å². The van der Waals surface area contributed by atoms with E-state index in [0.29, 0.717) is 34.1 Å². The number of pyridine rings is 1. The summed E-state index contributed by atoms with van der Waals surface area (Å²) in [7, 11) is 0. The maximum Gasteiger partial charge on any atom is 0.344 e. The van der Waals surface area contributed by atoms with Gasteiger partial charge in [-0.1, -0.05) is 17.7 Å². The summed E-state index contributed by atoms with van der Waals surface area (Å²) in [6.07, 6.45) is 2.95.